The SMILES string of the molecule is [C-]#[N+]CCc1cccc2nc(C)c(C)n12. The molecule has 0 saturated heterocycles. The molecule has 2 aromatic rings. The van der Waals surface area contributed by atoms with Crippen LogP contribution in [0.1, 0.15) is 17.1 Å². The lowest BCUT2D eigenvalue weighted by molar-refractivity contribution is 0.929. The van der Waals surface area contributed by atoms with Crippen LogP contribution in [0, 0.1) is 20.4 Å². The summed E-state index contributed by atoms with van der Waals surface area (Å²) in [5.41, 5.74) is 4.38. The van der Waals surface area contributed by atoms with Gasteiger partial charge in [-0.1, -0.05) is 6.07 Å². The molecule has 0 aromatic carbocycles. The Balaban J connectivity index is 2.59. The van der Waals surface area contributed by atoms with E-state index in [4.69, 9.17) is 6.57 Å². The number of pyridine rings is 1. The predicted molar refractivity (Wildman–Crippen MR) is 59.8 cm³/mol. The summed E-state index contributed by atoms with van der Waals surface area (Å²) < 4.78 is 2.14. The van der Waals surface area contributed by atoms with Gasteiger partial charge in [0, 0.05) is 11.4 Å². The van der Waals surface area contributed by atoms with Gasteiger partial charge in [-0.05, 0) is 26.0 Å². The molecule has 15 heavy (non-hydrogen) atoms. The number of hydrogen-bond acceptors (Lipinski definition) is 1. The second-order valence-electron chi connectivity index (χ2n) is 3.63. The molecule has 0 unspecified atom stereocenters. The van der Waals surface area contributed by atoms with Crippen LogP contribution in [-0.4, -0.2) is 15.9 Å². The Morgan fingerprint density at radius 2 is 2.20 bits per heavy atom. The largest absolute Gasteiger partial charge is 0.317 e. The fourth-order valence-corrected chi connectivity index (χ4v) is 1.80. The summed E-state index contributed by atoms with van der Waals surface area (Å²) in [7, 11) is 0. The zero-order chi connectivity index (χ0) is 10.8. The van der Waals surface area contributed by atoms with E-state index in [1.807, 2.05) is 19.1 Å². The molecule has 0 spiro atoms. The van der Waals surface area contributed by atoms with Crippen molar-refractivity contribution in [3.05, 3.63) is 46.7 Å². The van der Waals surface area contributed by atoms with Gasteiger partial charge < -0.3 is 9.25 Å². The number of rotatable bonds is 2. The Hall–Kier alpha value is -1.82. The summed E-state index contributed by atoms with van der Waals surface area (Å²) in [6.45, 7) is 11.4. The minimum absolute atomic E-state index is 0.537. The topological polar surface area (TPSA) is 21.7 Å². The second kappa shape index (κ2) is 3.74. The van der Waals surface area contributed by atoms with Crippen molar-refractivity contribution >= 4 is 5.65 Å². The van der Waals surface area contributed by atoms with E-state index in [1.54, 1.807) is 0 Å². The molecule has 0 N–H and O–H groups in total. The first-order valence-corrected chi connectivity index (χ1v) is 5.01. The maximum Gasteiger partial charge on any atom is 0.220 e. The lowest BCUT2D eigenvalue weighted by atomic mass is 10.2. The summed E-state index contributed by atoms with van der Waals surface area (Å²) >= 11 is 0. The standard InChI is InChI=1S/C12H13N3/c1-9-10(2)15-11(7-8-13-3)5-4-6-12(15)14-9/h4-6H,7-8H2,1-2H3. The Morgan fingerprint density at radius 3 is 2.93 bits per heavy atom. The van der Waals surface area contributed by atoms with Gasteiger partial charge in [-0.15, -0.1) is 0 Å². The number of aromatic nitrogens is 2. The molecule has 0 aliphatic heterocycles. The van der Waals surface area contributed by atoms with E-state index >= 15 is 0 Å². The van der Waals surface area contributed by atoms with Crippen LogP contribution in [0.2, 0.25) is 0 Å². The van der Waals surface area contributed by atoms with Gasteiger partial charge in [0.1, 0.15) is 5.65 Å². The number of imidazole rings is 1. The van der Waals surface area contributed by atoms with Crippen molar-refractivity contribution in [2.75, 3.05) is 6.54 Å². The molecule has 0 aliphatic rings. The van der Waals surface area contributed by atoms with Crippen LogP contribution in [0.15, 0.2) is 18.2 Å². The maximum absolute atomic E-state index is 6.82. The van der Waals surface area contributed by atoms with Gasteiger partial charge in [0.2, 0.25) is 6.54 Å². The van der Waals surface area contributed by atoms with Crippen molar-refractivity contribution in [1.29, 1.82) is 0 Å². The molecule has 0 saturated carbocycles. The molecule has 2 rings (SSSR count). The monoisotopic (exact) mass is 199 g/mol. The highest BCUT2D eigenvalue weighted by atomic mass is 15.0. The zero-order valence-electron chi connectivity index (χ0n) is 8.99. The fourth-order valence-electron chi connectivity index (χ4n) is 1.80. The molecule has 0 radical (unpaired) electrons. The molecule has 0 aliphatic carbocycles. The van der Waals surface area contributed by atoms with Crippen LogP contribution >= 0.6 is 0 Å². The van der Waals surface area contributed by atoms with Crippen molar-refractivity contribution in [3.63, 3.8) is 0 Å². The second-order valence-corrected chi connectivity index (χ2v) is 3.63. The Kier molecular flexibility index (Phi) is 2.42. The predicted octanol–water partition coefficient (Wildman–Crippen LogP) is 2.41. The third kappa shape index (κ3) is 1.59. The molecule has 0 bridgehead atoms. The molecule has 0 atom stereocenters. The fraction of sp³-hybridized carbons (Fsp3) is 0.333. The van der Waals surface area contributed by atoms with E-state index in [2.05, 4.69) is 27.2 Å². The maximum atomic E-state index is 6.82. The molecule has 2 aromatic heterocycles. The van der Waals surface area contributed by atoms with E-state index in [-0.39, 0.29) is 0 Å². The molecule has 76 valence electrons. The van der Waals surface area contributed by atoms with E-state index in [0.29, 0.717) is 6.54 Å². The van der Waals surface area contributed by atoms with Crippen molar-refractivity contribution in [2.24, 2.45) is 0 Å². The quantitative estimate of drug-likeness (QED) is 0.681. The van der Waals surface area contributed by atoms with Gasteiger partial charge in [0.15, 0.2) is 0 Å². The van der Waals surface area contributed by atoms with Gasteiger partial charge in [-0.3, -0.25) is 0 Å². The van der Waals surface area contributed by atoms with Crippen molar-refractivity contribution < 1.29 is 0 Å². The lowest BCUT2D eigenvalue weighted by Crippen LogP contribution is -1.99. The molecular weight excluding hydrogens is 186 g/mol. The summed E-state index contributed by atoms with van der Waals surface area (Å²) in [5, 5.41) is 0. The normalized spacial score (nSPS) is 10.5. The summed E-state index contributed by atoms with van der Waals surface area (Å²) in [6, 6.07) is 6.06. The molecule has 2 heterocycles. The Labute approximate surface area is 89.2 Å². The molecular formula is C12H13N3. The van der Waals surface area contributed by atoms with E-state index in [0.717, 1.165) is 17.8 Å². The zero-order valence-corrected chi connectivity index (χ0v) is 8.99. The van der Waals surface area contributed by atoms with Crippen molar-refractivity contribution in [2.45, 2.75) is 20.3 Å². The highest BCUT2D eigenvalue weighted by Crippen LogP contribution is 2.14. The van der Waals surface area contributed by atoms with Crippen LogP contribution in [0.5, 0.6) is 0 Å². The smallest absolute Gasteiger partial charge is 0.220 e. The van der Waals surface area contributed by atoms with Crippen LogP contribution in [0.4, 0.5) is 0 Å². The van der Waals surface area contributed by atoms with Crippen LogP contribution in [0.3, 0.4) is 0 Å². The highest BCUT2D eigenvalue weighted by Gasteiger charge is 2.07. The molecule has 0 amide bonds. The average Bonchev–Trinajstić information content (AvgIpc) is 2.53. The van der Waals surface area contributed by atoms with E-state index in [9.17, 15) is 0 Å². The molecule has 0 fully saturated rings. The first kappa shape index (κ1) is 9.72. The minimum atomic E-state index is 0.537. The first-order chi connectivity index (χ1) is 7.24. The summed E-state index contributed by atoms with van der Waals surface area (Å²) in [5.74, 6) is 0. The lowest BCUT2D eigenvalue weighted by Gasteiger charge is -2.03. The van der Waals surface area contributed by atoms with Crippen LogP contribution < -0.4 is 0 Å². The number of hydrogen-bond donors (Lipinski definition) is 0. The molecule has 3 heteroatoms. The third-order valence-corrected chi connectivity index (χ3v) is 2.67. The Bertz CT molecular complexity index is 532. The average molecular weight is 199 g/mol. The number of fused-ring (bicyclic) bond motifs is 1. The van der Waals surface area contributed by atoms with Crippen LogP contribution in [-0.2, 0) is 6.42 Å². The summed E-state index contributed by atoms with van der Waals surface area (Å²) in [4.78, 5) is 7.86. The van der Waals surface area contributed by atoms with E-state index < -0.39 is 0 Å². The highest BCUT2D eigenvalue weighted by molar-refractivity contribution is 5.44. The minimum Gasteiger partial charge on any atom is -0.317 e. The van der Waals surface area contributed by atoms with Crippen molar-refractivity contribution in [3.8, 4) is 0 Å². The Morgan fingerprint density at radius 1 is 1.40 bits per heavy atom. The van der Waals surface area contributed by atoms with Gasteiger partial charge in [-0.2, -0.15) is 0 Å². The van der Waals surface area contributed by atoms with Gasteiger partial charge in [0.05, 0.1) is 12.1 Å². The summed E-state index contributed by atoms with van der Waals surface area (Å²) in [6.07, 6.45) is 0.789. The first-order valence-electron chi connectivity index (χ1n) is 5.01. The molecule has 3 nitrogen and oxygen atoms in total. The van der Waals surface area contributed by atoms with Crippen molar-refractivity contribution in [1.82, 2.24) is 9.38 Å². The number of aryl methyl sites for hydroxylation is 2. The van der Waals surface area contributed by atoms with Crippen LogP contribution in [0.25, 0.3) is 10.5 Å². The van der Waals surface area contributed by atoms with E-state index in [1.165, 1.54) is 11.4 Å². The van der Waals surface area contributed by atoms with Gasteiger partial charge in [-0.25, -0.2) is 11.6 Å². The third-order valence-electron chi connectivity index (χ3n) is 2.67. The van der Waals surface area contributed by atoms with Gasteiger partial charge in [0.25, 0.3) is 0 Å². The number of nitrogens with zero attached hydrogens (tertiary/aromatic N) is 3. The van der Waals surface area contributed by atoms with Gasteiger partial charge >= 0.3 is 0 Å².